The van der Waals surface area contributed by atoms with Gasteiger partial charge in [0.05, 0.1) is 5.56 Å². The third kappa shape index (κ3) is 4.74. The Bertz CT molecular complexity index is 1240. The van der Waals surface area contributed by atoms with E-state index in [0.29, 0.717) is 36.1 Å². The van der Waals surface area contributed by atoms with E-state index in [1.165, 1.54) is 12.1 Å². The molecule has 1 aromatic carbocycles. The zero-order valence-corrected chi connectivity index (χ0v) is 17.8. The van der Waals surface area contributed by atoms with Gasteiger partial charge in [0.25, 0.3) is 5.91 Å². The molecule has 0 aliphatic carbocycles. The van der Waals surface area contributed by atoms with Gasteiger partial charge in [-0.05, 0) is 49.2 Å². The lowest BCUT2D eigenvalue weighted by atomic mass is 9.94. The number of hydrogen-bond donors (Lipinski definition) is 0. The van der Waals surface area contributed by atoms with Crippen LogP contribution in [0, 0.1) is 5.82 Å². The SMILES string of the molecule is O=C(c1ccc(-n2cccn2)nc1)N1CCC[C@H](c2cccc(Oc3cccc(F)c3)n2)C1. The average molecular weight is 443 g/mol. The summed E-state index contributed by atoms with van der Waals surface area (Å²) >= 11 is 0. The summed E-state index contributed by atoms with van der Waals surface area (Å²) < 4.78 is 20.8. The molecule has 4 aromatic rings. The lowest BCUT2D eigenvalue weighted by Crippen LogP contribution is -2.39. The van der Waals surface area contributed by atoms with Gasteiger partial charge in [-0.2, -0.15) is 5.10 Å². The second-order valence-electron chi connectivity index (χ2n) is 7.91. The highest BCUT2D eigenvalue weighted by molar-refractivity contribution is 5.94. The summed E-state index contributed by atoms with van der Waals surface area (Å²) in [6.45, 7) is 1.26. The quantitative estimate of drug-likeness (QED) is 0.450. The van der Waals surface area contributed by atoms with Crippen molar-refractivity contribution in [2.75, 3.05) is 13.1 Å². The number of amides is 1. The molecule has 1 aliphatic rings. The molecule has 8 heteroatoms. The van der Waals surface area contributed by atoms with Crippen LogP contribution in [0.15, 0.2) is 79.3 Å². The van der Waals surface area contributed by atoms with Crippen LogP contribution in [-0.4, -0.2) is 43.6 Å². The van der Waals surface area contributed by atoms with Crippen molar-refractivity contribution in [3.05, 3.63) is 96.3 Å². The van der Waals surface area contributed by atoms with Crippen molar-refractivity contribution < 1.29 is 13.9 Å². The fourth-order valence-electron chi connectivity index (χ4n) is 4.00. The molecule has 0 radical (unpaired) electrons. The van der Waals surface area contributed by atoms with Gasteiger partial charge in [0.15, 0.2) is 5.82 Å². The molecule has 3 aromatic heterocycles. The van der Waals surface area contributed by atoms with Crippen LogP contribution in [0.5, 0.6) is 11.6 Å². The smallest absolute Gasteiger partial charge is 0.255 e. The Morgan fingerprint density at radius 1 is 1.09 bits per heavy atom. The van der Waals surface area contributed by atoms with E-state index >= 15 is 0 Å². The molecule has 1 aliphatic heterocycles. The van der Waals surface area contributed by atoms with Gasteiger partial charge in [0.1, 0.15) is 11.6 Å². The first-order valence-electron chi connectivity index (χ1n) is 10.8. The van der Waals surface area contributed by atoms with Crippen LogP contribution in [0.4, 0.5) is 4.39 Å². The fraction of sp³-hybridized carbons (Fsp3) is 0.200. The van der Waals surface area contributed by atoms with E-state index in [1.807, 2.05) is 23.1 Å². The monoisotopic (exact) mass is 443 g/mol. The van der Waals surface area contributed by atoms with E-state index in [4.69, 9.17) is 4.74 Å². The van der Waals surface area contributed by atoms with Crippen LogP contribution in [0.1, 0.15) is 34.8 Å². The molecule has 1 saturated heterocycles. The van der Waals surface area contributed by atoms with Crippen LogP contribution in [-0.2, 0) is 0 Å². The van der Waals surface area contributed by atoms with Gasteiger partial charge in [0.2, 0.25) is 5.88 Å². The Balaban J connectivity index is 1.28. The van der Waals surface area contributed by atoms with Gasteiger partial charge in [-0.1, -0.05) is 12.1 Å². The molecule has 0 bridgehead atoms. The topological polar surface area (TPSA) is 73.1 Å². The van der Waals surface area contributed by atoms with Crippen molar-refractivity contribution >= 4 is 5.91 Å². The summed E-state index contributed by atoms with van der Waals surface area (Å²) in [4.78, 5) is 23.9. The second-order valence-corrected chi connectivity index (χ2v) is 7.91. The number of pyridine rings is 2. The second kappa shape index (κ2) is 9.20. The molecule has 1 atom stereocenters. The minimum atomic E-state index is -0.364. The summed E-state index contributed by atoms with van der Waals surface area (Å²) in [6, 6.07) is 16.9. The zero-order chi connectivity index (χ0) is 22.6. The summed E-state index contributed by atoms with van der Waals surface area (Å²) in [5.41, 5.74) is 1.40. The number of carbonyl (C=O) groups excluding carboxylic acids is 1. The van der Waals surface area contributed by atoms with E-state index < -0.39 is 0 Å². The maximum Gasteiger partial charge on any atom is 0.255 e. The summed E-state index contributed by atoms with van der Waals surface area (Å²) in [6.07, 6.45) is 6.89. The number of halogens is 1. The molecular formula is C25H22FN5O2. The maximum atomic E-state index is 13.4. The third-order valence-corrected chi connectivity index (χ3v) is 5.62. The summed E-state index contributed by atoms with van der Waals surface area (Å²) in [7, 11) is 0. The van der Waals surface area contributed by atoms with Crippen LogP contribution >= 0.6 is 0 Å². The molecule has 33 heavy (non-hydrogen) atoms. The molecule has 0 spiro atoms. The Morgan fingerprint density at radius 2 is 2.00 bits per heavy atom. The first-order valence-corrected chi connectivity index (χ1v) is 10.8. The molecule has 4 heterocycles. The summed E-state index contributed by atoms with van der Waals surface area (Å²) in [5, 5.41) is 4.16. The molecule has 1 amide bonds. The van der Waals surface area contributed by atoms with Gasteiger partial charge in [-0.25, -0.2) is 19.0 Å². The molecule has 0 unspecified atom stereocenters. The average Bonchev–Trinajstić information content (AvgIpc) is 3.39. The first kappa shape index (κ1) is 20.8. The number of carbonyl (C=O) groups is 1. The van der Waals surface area contributed by atoms with Crippen molar-refractivity contribution in [3.8, 4) is 17.4 Å². The van der Waals surface area contributed by atoms with Crippen molar-refractivity contribution in [1.82, 2.24) is 24.6 Å². The Labute approximate surface area is 190 Å². The number of rotatable bonds is 5. The number of ether oxygens (including phenoxy) is 1. The van der Waals surface area contributed by atoms with Crippen molar-refractivity contribution in [2.45, 2.75) is 18.8 Å². The maximum absolute atomic E-state index is 13.4. The van der Waals surface area contributed by atoms with E-state index in [-0.39, 0.29) is 17.6 Å². The minimum Gasteiger partial charge on any atom is -0.439 e. The van der Waals surface area contributed by atoms with Gasteiger partial charge >= 0.3 is 0 Å². The normalized spacial score (nSPS) is 15.9. The van der Waals surface area contributed by atoms with Crippen molar-refractivity contribution in [2.24, 2.45) is 0 Å². The molecule has 0 saturated carbocycles. The number of aromatic nitrogens is 4. The van der Waals surface area contributed by atoms with Gasteiger partial charge in [0, 0.05) is 55.4 Å². The van der Waals surface area contributed by atoms with Crippen LogP contribution in [0.25, 0.3) is 5.82 Å². The molecular weight excluding hydrogens is 421 g/mol. The molecule has 1 fully saturated rings. The summed E-state index contributed by atoms with van der Waals surface area (Å²) in [5.74, 6) is 1.14. The highest BCUT2D eigenvalue weighted by Gasteiger charge is 2.27. The number of nitrogens with zero attached hydrogens (tertiary/aromatic N) is 5. The molecule has 5 rings (SSSR count). The highest BCUT2D eigenvalue weighted by Crippen LogP contribution is 2.29. The van der Waals surface area contributed by atoms with Crippen LogP contribution in [0.3, 0.4) is 0 Å². The fourth-order valence-corrected chi connectivity index (χ4v) is 4.00. The Kier molecular flexibility index (Phi) is 5.80. The lowest BCUT2D eigenvalue weighted by molar-refractivity contribution is 0.0705. The first-order chi connectivity index (χ1) is 16.2. The van der Waals surface area contributed by atoms with Crippen molar-refractivity contribution in [3.63, 3.8) is 0 Å². The number of benzene rings is 1. The van der Waals surface area contributed by atoms with E-state index in [0.717, 1.165) is 18.5 Å². The molecule has 0 N–H and O–H groups in total. The molecule has 7 nitrogen and oxygen atoms in total. The van der Waals surface area contributed by atoms with Crippen LogP contribution in [0.2, 0.25) is 0 Å². The number of piperidine rings is 1. The minimum absolute atomic E-state index is 0.0496. The Morgan fingerprint density at radius 3 is 2.79 bits per heavy atom. The largest absolute Gasteiger partial charge is 0.439 e. The predicted octanol–water partition coefficient (Wildman–Crippen LogP) is 4.61. The molecule has 166 valence electrons. The van der Waals surface area contributed by atoms with E-state index in [1.54, 1.807) is 53.6 Å². The van der Waals surface area contributed by atoms with E-state index in [9.17, 15) is 9.18 Å². The van der Waals surface area contributed by atoms with Crippen LogP contribution < -0.4 is 4.74 Å². The van der Waals surface area contributed by atoms with Crippen molar-refractivity contribution in [1.29, 1.82) is 0 Å². The van der Waals surface area contributed by atoms with Gasteiger partial charge in [-0.3, -0.25) is 4.79 Å². The number of hydrogen-bond acceptors (Lipinski definition) is 5. The standard InChI is InChI=1S/C25H22FN5O2/c26-20-6-1-7-21(15-20)33-24-9-2-8-22(29-24)19-5-3-13-30(17-19)25(32)18-10-11-23(27-16-18)31-14-4-12-28-31/h1-2,4,6-12,14-16,19H,3,5,13,17H2/t19-/m0/s1. The predicted molar refractivity (Wildman–Crippen MR) is 120 cm³/mol. The van der Waals surface area contributed by atoms with Gasteiger partial charge in [-0.15, -0.1) is 0 Å². The zero-order valence-electron chi connectivity index (χ0n) is 17.8. The van der Waals surface area contributed by atoms with Gasteiger partial charge < -0.3 is 9.64 Å². The number of likely N-dealkylation sites (tertiary alicyclic amines) is 1. The Hall–Kier alpha value is -4.07. The third-order valence-electron chi connectivity index (χ3n) is 5.62. The van der Waals surface area contributed by atoms with E-state index in [2.05, 4.69) is 15.1 Å². The highest BCUT2D eigenvalue weighted by atomic mass is 19.1. The lowest BCUT2D eigenvalue weighted by Gasteiger charge is -2.32.